The summed E-state index contributed by atoms with van der Waals surface area (Å²) in [5.74, 6) is -2.37. The average molecular weight is 380 g/mol. The predicted molar refractivity (Wildman–Crippen MR) is 77.5 cm³/mol. The summed E-state index contributed by atoms with van der Waals surface area (Å²) in [6, 6.07) is 2.71. The Morgan fingerprint density at radius 1 is 1.14 bits per heavy atom. The zero-order valence-corrected chi connectivity index (χ0v) is 15.4. The summed E-state index contributed by atoms with van der Waals surface area (Å²) in [4.78, 5) is 19.6. The number of benzene rings is 1. The number of carbonyl (C=O) groups is 2. The van der Waals surface area contributed by atoms with Gasteiger partial charge in [0.05, 0.1) is 27.0 Å². The van der Waals surface area contributed by atoms with Gasteiger partial charge in [0.2, 0.25) is 0 Å². The summed E-state index contributed by atoms with van der Waals surface area (Å²) in [5, 5.41) is 20.3. The SMILES string of the molecule is C=C(C)C(=O)[O-].O=C([O-])COc1cc(Cl)c(Cl)cc1Cl.[Ca+2]. The second-order valence-electron chi connectivity index (χ2n) is 3.43. The molecule has 0 bridgehead atoms. The summed E-state index contributed by atoms with van der Waals surface area (Å²) in [5.41, 5.74) is 0.0648. The molecule has 0 fully saturated rings. The molecule has 110 valence electrons. The molecule has 0 N–H and O–H groups in total. The molecule has 9 heteroatoms. The summed E-state index contributed by atoms with van der Waals surface area (Å²) < 4.78 is 4.80. The Hall–Kier alpha value is -0.170. The van der Waals surface area contributed by atoms with Crippen molar-refractivity contribution in [3.63, 3.8) is 0 Å². The van der Waals surface area contributed by atoms with Gasteiger partial charge in [-0.1, -0.05) is 41.4 Å². The maximum absolute atomic E-state index is 10.1. The molecule has 0 spiro atoms. The van der Waals surface area contributed by atoms with Crippen molar-refractivity contribution in [2.24, 2.45) is 0 Å². The fourth-order valence-corrected chi connectivity index (χ4v) is 1.34. The standard InChI is InChI=1S/C8H5Cl3O3.C4H6O2.Ca/c9-4-1-6(11)7(2-5(4)10)14-3-8(12)13;1-3(2)4(5)6;/h1-2H,3H2,(H,12,13);1H2,2H3,(H,5,6);/q;;+2/p-2. The monoisotopic (exact) mass is 378 g/mol. The van der Waals surface area contributed by atoms with E-state index < -0.39 is 18.5 Å². The minimum Gasteiger partial charge on any atom is -0.546 e. The molecule has 21 heavy (non-hydrogen) atoms. The van der Waals surface area contributed by atoms with Crippen molar-refractivity contribution < 1.29 is 24.5 Å². The quantitative estimate of drug-likeness (QED) is 0.436. The van der Waals surface area contributed by atoms with Gasteiger partial charge in [-0.2, -0.15) is 0 Å². The minimum atomic E-state index is -1.34. The Labute approximate surface area is 166 Å². The van der Waals surface area contributed by atoms with Gasteiger partial charge in [-0.25, -0.2) is 0 Å². The van der Waals surface area contributed by atoms with Crippen molar-refractivity contribution >= 4 is 84.5 Å². The number of carboxylic acid groups (broad SMARTS) is 2. The van der Waals surface area contributed by atoms with Crippen molar-refractivity contribution in [3.05, 3.63) is 39.4 Å². The second-order valence-corrected chi connectivity index (χ2v) is 4.65. The number of rotatable bonds is 4. The van der Waals surface area contributed by atoms with Crippen molar-refractivity contribution in [1.29, 1.82) is 0 Å². The third-order valence-corrected chi connectivity index (χ3v) is 2.69. The summed E-state index contributed by atoms with van der Waals surface area (Å²) >= 11 is 17.0. The zero-order chi connectivity index (χ0) is 15.9. The molecule has 0 saturated heterocycles. The normalized spacial score (nSPS) is 8.76. The van der Waals surface area contributed by atoms with Crippen molar-refractivity contribution in [2.75, 3.05) is 6.61 Å². The molecule has 0 atom stereocenters. The van der Waals surface area contributed by atoms with Gasteiger partial charge in [0.15, 0.2) is 0 Å². The van der Waals surface area contributed by atoms with E-state index in [0.29, 0.717) is 0 Å². The molecule has 1 aromatic carbocycles. The Morgan fingerprint density at radius 3 is 1.95 bits per heavy atom. The number of hydrogen-bond donors (Lipinski definition) is 0. The first-order valence-electron chi connectivity index (χ1n) is 4.99. The fraction of sp³-hybridized carbons (Fsp3) is 0.167. The van der Waals surface area contributed by atoms with Gasteiger partial charge in [0.25, 0.3) is 0 Å². The maximum Gasteiger partial charge on any atom is 2.00 e. The Kier molecular flexibility index (Phi) is 12.5. The molecule has 0 aromatic heterocycles. The van der Waals surface area contributed by atoms with Crippen molar-refractivity contribution in [1.82, 2.24) is 0 Å². The van der Waals surface area contributed by atoms with Crippen LogP contribution in [-0.2, 0) is 9.59 Å². The van der Waals surface area contributed by atoms with Crippen LogP contribution in [0.25, 0.3) is 0 Å². The molecular weight excluding hydrogens is 371 g/mol. The molecule has 0 heterocycles. The van der Waals surface area contributed by atoms with Crippen LogP contribution in [0.15, 0.2) is 24.3 Å². The topological polar surface area (TPSA) is 89.5 Å². The molecule has 0 aliphatic carbocycles. The van der Waals surface area contributed by atoms with Crippen molar-refractivity contribution in [2.45, 2.75) is 6.92 Å². The van der Waals surface area contributed by atoms with Crippen LogP contribution in [0.2, 0.25) is 15.1 Å². The Bertz CT molecular complexity index is 522. The van der Waals surface area contributed by atoms with Crippen LogP contribution in [0, 0.1) is 0 Å². The summed E-state index contributed by atoms with van der Waals surface area (Å²) in [6.45, 7) is 3.89. The van der Waals surface area contributed by atoms with Crippen LogP contribution < -0.4 is 14.9 Å². The fourth-order valence-electron chi connectivity index (χ4n) is 0.752. The molecule has 0 aliphatic heterocycles. The molecule has 1 aromatic rings. The van der Waals surface area contributed by atoms with Gasteiger partial charge >= 0.3 is 37.7 Å². The molecule has 1 rings (SSSR count). The number of carboxylic acids is 2. The number of carbonyl (C=O) groups excluding carboxylic acids is 2. The number of aliphatic carboxylic acids is 2. The van der Waals surface area contributed by atoms with E-state index in [4.69, 9.17) is 39.5 Å². The predicted octanol–water partition coefficient (Wildman–Crippen LogP) is 0.707. The van der Waals surface area contributed by atoms with E-state index in [1.807, 2.05) is 0 Å². The van der Waals surface area contributed by atoms with Gasteiger partial charge in [-0.15, -0.1) is 0 Å². The molecule has 0 saturated carbocycles. The van der Waals surface area contributed by atoms with Crippen LogP contribution in [0.5, 0.6) is 5.75 Å². The molecule has 5 nitrogen and oxygen atoms in total. The van der Waals surface area contributed by atoms with E-state index >= 15 is 0 Å². The Morgan fingerprint density at radius 2 is 1.57 bits per heavy atom. The van der Waals surface area contributed by atoms with Gasteiger partial charge in [-0.3, -0.25) is 0 Å². The molecule has 0 radical (unpaired) electrons. The van der Waals surface area contributed by atoms with E-state index in [0.717, 1.165) is 0 Å². The first-order valence-corrected chi connectivity index (χ1v) is 6.12. The number of ether oxygens (including phenoxy) is 1. The molecule has 0 aliphatic rings. The molecule has 0 unspecified atom stereocenters. The van der Waals surface area contributed by atoms with Gasteiger partial charge < -0.3 is 24.5 Å². The largest absolute Gasteiger partial charge is 2.00 e. The summed E-state index contributed by atoms with van der Waals surface area (Å²) in [6.07, 6.45) is 0. The maximum atomic E-state index is 10.1. The van der Waals surface area contributed by atoms with Crippen LogP contribution >= 0.6 is 34.8 Å². The van der Waals surface area contributed by atoms with Crippen LogP contribution in [0.3, 0.4) is 0 Å². The van der Waals surface area contributed by atoms with E-state index in [9.17, 15) is 19.8 Å². The minimum absolute atomic E-state index is 0. The Balaban J connectivity index is 0. The summed E-state index contributed by atoms with van der Waals surface area (Å²) in [7, 11) is 0. The molecule has 0 amide bonds. The number of hydrogen-bond acceptors (Lipinski definition) is 5. The smallest absolute Gasteiger partial charge is 0.546 e. The van der Waals surface area contributed by atoms with Gasteiger partial charge in [0, 0.05) is 6.07 Å². The van der Waals surface area contributed by atoms with Crippen LogP contribution in [0.1, 0.15) is 6.92 Å². The van der Waals surface area contributed by atoms with Crippen LogP contribution in [0.4, 0.5) is 0 Å². The third kappa shape index (κ3) is 10.2. The van der Waals surface area contributed by atoms with Gasteiger partial charge in [-0.05, 0) is 18.6 Å². The van der Waals surface area contributed by atoms with E-state index in [1.54, 1.807) is 0 Å². The average Bonchev–Trinajstić information content (AvgIpc) is 2.32. The first-order chi connectivity index (χ1) is 9.15. The van der Waals surface area contributed by atoms with Gasteiger partial charge in [0.1, 0.15) is 12.4 Å². The van der Waals surface area contributed by atoms with E-state index in [2.05, 4.69) is 6.58 Å². The second kappa shape index (κ2) is 11.4. The first kappa shape index (κ1) is 23.1. The van der Waals surface area contributed by atoms with Crippen molar-refractivity contribution in [3.8, 4) is 5.75 Å². The number of halogens is 3. The zero-order valence-electron chi connectivity index (χ0n) is 11.0. The van der Waals surface area contributed by atoms with E-state index in [1.165, 1.54) is 19.1 Å². The van der Waals surface area contributed by atoms with E-state index in [-0.39, 0.29) is 64.1 Å². The molecular formula is C12H9CaCl3O5. The third-order valence-electron chi connectivity index (χ3n) is 1.67. The van der Waals surface area contributed by atoms with Crippen LogP contribution in [-0.4, -0.2) is 56.3 Å².